The number of amides is 2. The number of hydrogen-bond acceptors (Lipinski definition) is 6. The second-order valence-electron chi connectivity index (χ2n) is 6.98. The predicted molar refractivity (Wildman–Crippen MR) is 104 cm³/mol. The van der Waals surface area contributed by atoms with Gasteiger partial charge in [-0.2, -0.15) is 0 Å². The number of rotatable bonds is 3. The van der Waals surface area contributed by atoms with E-state index in [1.54, 1.807) is 0 Å². The maximum absolute atomic E-state index is 12.5. The third-order valence-corrected chi connectivity index (χ3v) is 5.20. The van der Waals surface area contributed by atoms with Gasteiger partial charge >= 0.3 is 11.6 Å². The molecule has 2 aromatic carbocycles. The maximum atomic E-state index is 12.5. The van der Waals surface area contributed by atoms with Crippen molar-refractivity contribution in [1.29, 1.82) is 0 Å². The molecule has 1 aromatic heterocycles. The Morgan fingerprint density at radius 3 is 2.48 bits per heavy atom. The molecule has 1 aliphatic rings. The molecule has 7 nitrogen and oxygen atoms in total. The number of aryl methyl sites for hydroxylation is 2. The summed E-state index contributed by atoms with van der Waals surface area (Å²) < 4.78 is 10.7. The molecule has 0 saturated carbocycles. The lowest BCUT2D eigenvalue weighted by molar-refractivity contribution is 0.0473. The molecule has 0 spiro atoms. The summed E-state index contributed by atoms with van der Waals surface area (Å²) in [5.74, 6) is -1.52. The van der Waals surface area contributed by atoms with E-state index in [-0.39, 0.29) is 23.3 Å². The van der Waals surface area contributed by atoms with Crippen LogP contribution in [0.3, 0.4) is 0 Å². The molecule has 0 atom stereocenters. The average molecular weight is 391 g/mol. The number of esters is 1. The quantitative estimate of drug-likeness (QED) is 0.387. The van der Waals surface area contributed by atoms with Crippen LogP contribution in [0.1, 0.15) is 47.8 Å². The van der Waals surface area contributed by atoms with E-state index in [0.717, 1.165) is 16.0 Å². The standard InChI is InChI=1S/C22H17NO6/c1-11-4-6-15-14(9-18(24)29-19(15)12(11)2)10-28-22(27)13-5-7-16-17(8-13)21(26)23(3)20(16)25/h4-9H,10H2,1-3H3. The first-order chi connectivity index (χ1) is 13.8. The fourth-order valence-corrected chi connectivity index (χ4v) is 3.36. The number of carbonyl (C=O) groups excluding carboxylic acids is 3. The predicted octanol–water partition coefficient (Wildman–Crippen LogP) is 2.99. The molecule has 29 heavy (non-hydrogen) atoms. The van der Waals surface area contributed by atoms with Gasteiger partial charge in [0.1, 0.15) is 12.2 Å². The molecule has 7 heteroatoms. The highest BCUT2D eigenvalue weighted by atomic mass is 16.5. The first-order valence-corrected chi connectivity index (χ1v) is 8.94. The van der Waals surface area contributed by atoms with Crippen molar-refractivity contribution in [2.24, 2.45) is 0 Å². The van der Waals surface area contributed by atoms with Gasteiger partial charge in [-0.3, -0.25) is 14.5 Å². The number of carbonyl (C=O) groups is 3. The molecule has 3 aromatic rings. The van der Waals surface area contributed by atoms with Gasteiger partial charge < -0.3 is 9.15 Å². The minimum Gasteiger partial charge on any atom is -0.457 e. The monoisotopic (exact) mass is 391 g/mol. The molecule has 0 bridgehead atoms. The van der Waals surface area contributed by atoms with Crippen LogP contribution in [-0.2, 0) is 11.3 Å². The largest absolute Gasteiger partial charge is 0.457 e. The Kier molecular flexibility index (Phi) is 4.30. The van der Waals surface area contributed by atoms with E-state index in [4.69, 9.17) is 9.15 Å². The summed E-state index contributed by atoms with van der Waals surface area (Å²) in [6.07, 6.45) is 0. The van der Waals surface area contributed by atoms with E-state index in [0.29, 0.717) is 16.5 Å². The van der Waals surface area contributed by atoms with E-state index in [1.165, 1.54) is 31.3 Å². The first kappa shape index (κ1) is 18.6. The highest BCUT2D eigenvalue weighted by molar-refractivity contribution is 6.21. The topological polar surface area (TPSA) is 93.9 Å². The van der Waals surface area contributed by atoms with Crippen molar-refractivity contribution in [3.8, 4) is 0 Å². The van der Waals surface area contributed by atoms with Crippen LogP contribution in [0.5, 0.6) is 0 Å². The number of imide groups is 1. The molecular formula is C22H17NO6. The summed E-state index contributed by atoms with van der Waals surface area (Å²) in [6.45, 7) is 3.64. The second kappa shape index (κ2) is 6.70. The Morgan fingerprint density at radius 2 is 1.72 bits per heavy atom. The molecule has 0 aliphatic carbocycles. The van der Waals surface area contributed by atoms with Gasteiger partial charge in [0.25, 0.3) is 11.8 Å². The van der Waals surface area contributed by atoms with Gasteiger partial charge in [0.05, 0.1) is 16.7 Å². The molecule has 2 amide bonds. The van der Waals surface area contributed by atoms with Crippen molar-refractivity contribution in [2.75, 3.05) is 7.05 Å². The molecule has 0 N–H and O–H groups in total. The second-order valence-corrected chi connectivity index (χ2v) is 6.98. The lowest BCUT2D eigenvalue weighted by atomic mass is 10.0. The van der Waals surface area contributed by atoms with Gasteiger partial charge in [-0.05, 0) is 43.2 Å². The molecule has 4 rings (SSSR count). The average Bonchev–Trinajstić information content (AvgIpc) is 2.92. The van der Waals surface area contributed by atoms with E-state index in [2.05, 4.69) is 0 Å². The molecule has 0 fully saturated rings. The minimum absolute atomic E-state index is 0.132. The van der Waals surface area contributed by atoms with Crippen molar-refractivity contribution in [2.45, 2.75) is 20.5 Å². The highest BCUT2D eigenvalue weighted by Gasteiger charge is 2.33. The van der Waals surface area contributed by atoms with Crippen LogP contribution >= 0.6 is 0 Å². The van der Waals surface area contributed by atoms with Crippen LogP contribution in [0.15, 0.2) is 45.6 Å². The van der Waals surface area contributed by atoms with Crippen molar-refractivity contribution in [3.63, 3.8) is 0 Å². The molecule has 0 radical (unpaired) electrons. The van der Waals surface area contributed by atoms with E-state index in [1.807, 2.05) is 26.0 Å². The lowest BCUT2D eigenvalue weighted by Crippen LogP contribution is -2.24. The van der Waals surface area contributed by atoms with Crippen LogP contribution < -0.4 is 5.63 Å². The minimum atomic E-state index is -0.659. The Morgan fingerprint density at radius 1 is 1.00 bits per heavy atom. The number of benzene rings is 2. The van der Waals surface area contributed by atoms with Crippen LogP contribution in [-0.4, -0.2) is 29.7 Å². The Hall–Kier alpha value is -3.74. The first-order valence-electron chi connectivity index (χ1n) is 8.94. The number of hydrogen-bond donors (Lipinski definition) is 0. The molecule has 146 valence electrons. The summed E-state index contributed by atoms with van der Waals surface area (Å²) in [5.41, 5.74) is 2.88. The van der Waals surface area contributed by atoms with Crippen LogP contribution in [0.4, 0.5) is 0 Å². The third kappa shape index (κ3) is 3.00. The lowest BCUT2D eigenvalue weighted by Gasteiger charge is -2.10. The fraction of sp³-hybridized carbons (Fsp3) is 0.182. The van der Waals surface area contributed by atoms with E-state index < -0.39 is 23.4 Å². The molecular weight excluding hydrogens is 374 g/mol. The zero-order valence-corrected chi connectivity index (χ0v) is 16.1. The van der Waals surface area contributed by atoms with Crippen LogP contribution in [0.2, 0.25) is 0 Å². The summed E-state index contributed by atoms with van der Waals surface area (Å²) in [5, 5.41) is 0.692. The van der Waals surface area contributed by atoms with Crippen molar-refractivity contribution in [1.82, 2.24) is 4.90 Å². The third-order valence-electron chi connectivity index (χ3n) is 5.20. The highest BCUT2D eigenvalue weighted by Crippen LogP contribution is 2.25. The van der Waals surface area contributed by atoms with Gasteiger partial charge in [0, 0.05) is 24.1 Å². The zero-order chi connectivity index (χ0) is 20.9. The Labute approximate surface area is 165 Å². The fourth-order valence-electron chi connectivity index (χ4n) is 3.36. The smallest absolute Gasteiger partial charge is 0.338 e. The van der Waals surface area contributed by atoms with Gasteiger partial charge in [-0.25, -0.2) is 9.59 Å². The Balaban J connectivity index is 1.62. The summed E-state index contributed by atoms with van der Waals surface area (Å²) >= 11 is 0. The SMILES string of the molecule is Cc1ccc2c(COC(=O)c3ccc4c(c3)C(=O)N(C)C4=O)cc(=O)oc2c1C. The normalized spacial score (nSPS) is 13.1. The van der Waals surface area contributed by atoms with Crippen LogP contribution in [0, 0.1) is 13.8 Å². The summed E-state index contributed by atoms with van der Waals surface area (Å²) in [7, 11) is 1.39. The van der Waals surface area contributed by atoms with E-state index in [9.17, 15) is 19.2 Å². The maximum Gasteiger partial charge on any atom is 0.338 e. The van der Waals surface area contributed by atoms with Crippen molar-refractivity contribution >= 4 is 28.8 Å². The van der Waals surface area contributed by atoms with Gasteiger partial charge in [0.2, 0.25) is 0 Å². The molecule has 0 saturated heterocycles. The van der Waals surface area contributed by atoms with Gasteiger partial charge in [-0.1, -0.05) is 12.1 Å². The van der Waals surface area contributed by atoms with Crippen molar-refractivity contribution in [3.05, 3.63) is 80.2 Å². The molecule has 2 heterocycles. The van der Waals surface area contributed by atoms with Gasteiger partial charge in [0.15, 0.2) is 0 Å². The number of fused-ring (bicyclic) bond motifs is 2. The number of ether oxygens (including phenoxy) is 1. The van der Waals surface area contributed by atoms with E-state index >= 15 is 0 Å². The molecule has 0 unspecified atom stereocenters. The summed E-state index contributed by atoms with van der Waals surface area (Å²) in [6, 6.07) is 9.25. The van der Waals surface area contributed by atoms with Crippen molar-refractivity contribution < 1.29 is 23.5 Å². The summed E-state index contributed by atoms with van der Waals surface area (Å²) in [4.78, 5) is 49.5. The van der Waals surface area contributed by atoms with Crippen LogP contribution in [0.25, 0.3) is 11.0 Å². The zero-order valence-electron chi connectivity index (χ0n) is 16.1. The number of nitrogens with zero attached hydrogens (tertiary/aromatic N) is 1. The Bertz CT molecular complexity index is 1270. The van der Waals surface area contributed by atoms with Gasteiger partial charge in [-0.15, -0.1) is 0 Å². The molecule has 1 aliphatic heterocycles.